The number of aliphatic hydroxyl groups is 1. The van der Waals surface area contributed by atoms with E-state index in [-0.39, 0.29) is 6.61 Å². The molecule has 102 valence electrons. The van der Waals surface area contributed by atoms with Crippen molar-refractivity contribution >= 4 is 16.9 Å². The van der Waals surface area contributed by atoms with Crippen LogP contribution in [0.5, 0.6) is 5.75 Å². The van der Waals surface area contributed by atoms with Gasteiger partial charge >= 0.3 is 5.97 Å². The molecular weight excluding hydrogens is 246 g/mol. The van der Waals surface area contributed by atoms with E-state index < -0.39 is 12.1 Å². The lowest BCUT2D eigenvalue weighted by molar-refractivity contribution is -0.153. The van der Waals surface area contributed by atoms with E-state index in [4.69, 9.17) is 9.47 Å². The number of nitrogens with one attached hydrogen (secondary N) is 1. The van der Waals surface area contributed by atoms with Crippen molar-refractivity contribution in [3.63, 3.8) is 0 Å². The van der Waals surface area contributed by atoms with Gasteiger partial charge in [0.05, 0.1) is 13.7 Å². The Hall–Kier alpha value is -2.01. The zero-order valence-electron chi connectivity index (χ0n) is 11.2. The van der Waals surface area contributed by atoms with Crippen molar-refractivity contribution in [1.29, 1.82) is 0 Å². The van der Waals surface area contributed by atoms with Gasteiger partial charge in [0.15, 0.2) is 6.10 Å². The van der Waals surface area contributed by atoms with Gasteiger partial charge < -0.3 is 19.6 Å². The fraction of sp³-hybridized carbons (Fsp3) is 0.357. The molecule has 5 heteroatoms. The molecule has 0 aliphatic heterocycles. The quantitative estimate of drug-likeness (QED) is 0.828. The summed E-state index contributed by atoms with van der Waals surface area (Å²) >= 11 is 0. The van der Waals surface area contributed by atoms with Crippen molar-refractivity contribution < 1.29 is 19.4 Å². The first-order valence-electron chi connectivity index (χ1n) is 6.09. The standard InChI is InChI=1S/C14H17NO4/c1-4-19-14(17)12(16)9-5-6-11-10(13(9)18-3)7-8(2)15-11/h5-7,12,15-16H,4H2,1-3H3. The molecule has 1 aromatic carbocycles. The molecule has 1 aromatic heterocycles. The molecule has 0 aliphatic carbocycles. The number of carbonyl (C=O) groups is 1. The molecule has 1 heterocycles. The van der Waals surface area contributed by atoms with Crippen LogP contribution in [0, 0.1) is 6.92 Å². The van der Waals surface area contributed by atoms with Gasteiger partial charge in [0, 0.05) is 22.2 Å². The van der Waals surface area contributed by atoms with Crippen LogP contribution in [0.15, 0.2) is 18.2 Å². The number of ether oxygens (including phenoxy) is 2. The maximum atomic E-state index is 11.6. The second kappa shape index (κ2) is 5.32. The van der Waals surface area contributed by atoms with E-state index in [2.05, 4.69) is 4.98 Å². The zero-order chi connectivity index (χ0) is 14.0. The summed E-state index contributed by atoms with van der Waals surface area (Å²) in [5.41, 5.74) is 2.29. The van der Waals surface area contributed by atoms with Gasteiger partial charge in [0.1, 0.15) is 5.75 Å². The molecule has 2 aromatic rings. The Morgan fingerprint density at radius 2 is 2.21 bits per heavy atom. The monoisotopic (exact) mass is 263 g/mol. The van der Waals surface area contributed by atoms with Crippen molar-refractivity contribution in [3.05, 3.63) is 29.5 Å². The van der Waals surface area contributed by atoms with Crippen LogP contribution in [0.3, 0.4) is 0 Å². The maximum Gasteiger partial charge on any atom is 0.339 e. The first-order chi connectivity index (χ1) is 9.08. The topological polar surface area (TPSA) is 71.5 Å². The number of carbonyl (C=O) groups excluding carboxylic acids is 1. The number of hydrogen-bond acceptors (Lipinski definition) is 4. The second-order valence-corrected chi connectivity index (χ2v) is 4.26. The van der Waals surface area contributed by atoms with E-state index in [1.165, 1.54) is 7.11 Å². The van der Waals surface area contributed by atoms with Gasteiger partial charge in [0.2, 0.25) is 0 Å². The molecule has 2 N–H and O–H groups in total. The van der Waals surface area contributed by atoms with Crippen LogP contribution in [0.4, 0.5) is 0 Å². The van der Waals surface area contributed by atoms with Crippen molar-refractivity contribution in [2.75, 3.05) is 13.7 Å². The van der Waals surface area contributed by atoms with Crippen LogP contribution >= 0.6 is 0 Å². The van der Waals surface area contributed by atoms with E-state index in [1.807, 2.05) is 19.1 Å². The normalized spacial score (nSPS) is 12.4. The van der Waals surface area contributed by atoms with E-state index >= 15 is 0 Å². The van der Waals surface area contributed by atoms with Gasteiger partial charge in [-0.25, -0.2) is 4.79 Å². The molecule has 19 heavy (non-hydrogen) atoms. The molecule has 0 spiro atoms. The number of aromatic nitrogens is 1. The Labute approximate surface area is 111 Å². The lowest BCUT2D eigenvalue weighted by Gasteiger charge is -2.14. The number of rotatable bonds is 4. The Balaban J connectivity index is 2.50. The predicted octanol–water partition coefficient (Wildman–Crippen LogP) is 2.08. The first kappa shape index (κ1) is 13.4. The Morgan fingerprint density at radius 3 is 2.84 bits per heavy atom. The van der Waals surface area contributed by atoms with Crippen molar-refractivity contribution in [2.45, 2.75) is 20.0 Å². The van der Waals surface area contributed by atoms with Crippen LogP contribution in [0.25, 0.3) is 10.9 Å². The third kappa shape index (κ3) is 2.42. The number of esters is 1. The third-order valence-electron chi connectivity index (χ3n) is 2.93. The highest BCUT2D eigenvalue weighted by molar-refractivity contribution is 5.90. The number of methoxy groups -OCH3 is 1. The van der Waals surface area contributed by atoms with Crippen LogP contribution in [0.1, 0.15) is 24.3 Å². The number of benzene rings is 1. The molecular formula is C14H17NO4. The Bertz CT molecular complexity index is 603. The summed E-state index contributed by atoms with van der Waals surface area (Å²) in [6.45, 7) is 3.85. The SMILES string of the molecule is CCOC(=O)C(O)c1ccc2[nH]c(C)cc2c1OC. The van der Waals surface area contributed by atoms with Crippen LogP contribution < -0.4 is 4.74 Å². The Morgan fingerprint density at radius 1 is 1.47 bits per heavy atom. The molecule has 0 radical (unpaired) electrons. The molecule has 2 rings (SSSR count). The van der Waals surface area contributed by atoms with Crippen LogP contribution in [0.2, 0.25) is 0 Å². The highest BCUT2D eigenvalue weighted by atomic mass is 16.5. The highest BCUT2D eigenvalue weighted by Gasteiger charge is 2.24. The molecule has 0 saturated carbocycles. The number of aromatic amines is 1. The number of aryl methyl sites for hydroxylation is 1. The second-order valence-electron chi connectivity index (χ2n) is 4.26. The number of aliphatic hydroxyl groups excluding tert-OH is 1. The van der Waals surface area contributed by atoms with E-state index in [1.54, 1.807) is 13.0 Å². The fourth-order valence-corrected chi connectivity index (χ4v) is 2.12. The highest BCUT2D eigenvalue weighted by Crippen LogP contribution is 2.34. The summed E-state index contributed by atoms with van der Waals surface area (Å²) in [7, 11) is 1.51. The fourth-order valence-electron chi connectivity index (χ4n) is 2.12. The van der Waals surface area contributed by atoms with Gasteiger partial charge in [-0.3, -0.25) is 0 Å². The first-order valence-corrected chi connectivity index (χ1v) is 6.09. The third-order valence-corrected chi connectivity index (χ3v) is 2.93. The number of H-pyrrole nitrogens is 1. The van der Waals surface area contributed by atoms with Crippen molar-refractivity contribution in [1.82, 2.24) is 4.98 Å². The molecule has 5 nitrogen and oxygen atoms in total. The molecule has 0 fully saturated rings. The number of fused-ring (bicyclic) bond motifs is 1. The van der Waals surface area contributed by atoms with Crippen LogP contribution in [-0.4, -0.2) is 29.8 Å². The summed E-state index contributed by atoms with van der Waals surface area (Å²) < 4.78 is 10.2. The summed E-state index contributed by atoms with van der Waals surface area (Å²) in [6.07, 6.45) is -1.34. The molecule has 0 amide bonds. The molecule has 1 unspecified atom stereocenters. The van der Waals surface area contributed by atoms with E-state index in [0.717, 1.165) is 16.6 Å². The van der Waals surface area contributed by atoms with E-state index in [0.29, 0.717) is 11.3 Å². The van der Waals surface area contributed by atoms with E-state index in [9.17, 15) is 9.90 Å². The summed E-state index contributed by atoms with van der Waals surface area (Å²) in [6, 6.07) is 5.39. The Kier molecular flexibility index (Phi) is 3.76. The minimum absolute atomic E-state index is 0.226. The maximum absolute atomic E-state index is 11.6. The lowest BCUT2D eigenvalue weighted by Crippen LogP contribution is -2.16. The molecule has 0 saturated heterocycles. The average molecular weight is 263 g/mol. The molecule has 0 aliphatic rings. The van der Waals surface area contributed by atoms with Gasteiger partial charge in [-0.15, -0.1) is 0 Å². The lowest BCUT2D eigenvalue weighted by atomic mass is 10.1. The largest absolute Gasteiger partial charge is 0.496 e. The zero-order valence-corrected chi connectivity index (χ0v) is 11.2. The average Bonchev–Trinajstić information content (AvgIpc) is 2.77. The van der Waals surface area contributed by atoms with Gasteiger partial charge in [-0.1, -0.05) is 0 Å². The summed E-state index contributed by atoms with van der Waals surface area (Å²) in [5, 5.41) is 10.9. The van der Waals surface area contributed by atoms with Gasteiger partial charge in [-0.2, -0.15) is 0 Å². The minimum atomic E-state index is -1.34. The predicted molar refractivity (Wildman–Crippen MR) is 71.2 cm³/mol. The van der Waals surface area contributed by atoms with Crippen LogP contribution in [-0.2, 0) is 9.53 Å². The molecule has 1 atom stereocenters. The van der Waals surface area contributed by atoms with Crippen molar-refractivity contribution in [3.8, 4) is 5.75 Å². The smallest absolute Gasteiger partial charge is 0.339 e. The summed E-state index contributed by atoms with van der Waals surface area (Å²) in [4.78, 5) is 14.8. The summed E-state index contributed by atoms with van der Waals surface area (Å²) in [5.74, 6) is -0.185. The van der Waals surface area contributed by atoms with Crippen molar-refractivity contribution in [2.24, 2.45) is 0 Å². The minimum Gasteiger partial charge on any atom is -0.496 e. The van der Waals surface area contributed by atoms with Gasteiger partial charge in [0.25, 0.3) is 0 Å². The molecule has 0 bridgehead atoms. The number of hydrogen-bond donors (Lipinski definition) is 2. The van der Waals surface area contributed by atoms with Gasteiger partial charge in [-0.05, 0) is 32.0 Å².